The van der Waals surface area contributed by atoms with E-state index in [0.717, 1.165) is 45.4 Å². The van der Waals surface area contributed by atoms with Crippen molar-refractivity contribution in [3.05, 3.63) is 35.2 Å². The Morgan fingerprint density at radius 1 is 1.38 bits per heavy atom. The third kappa shape index (κ3) is 3.03. The van der Waals surface area contributed by atoms with Crippen molar-refractivity contribution in [2.75, 3.05) is 32.8 Å². The minimum Gasteiger partial charge on any atom is -0.381 e. The zero-order valence-electron chi connectivity index (χ0n) is 14.3. The van der Waals surface area contributed by atoms with Gasteiger partial charge in [-0.2, -0.15) is 0 Å². The van der Waals surface area contributed by atoms with Crippen LogP contribution < -0.4 is 5.32 Å². The summed E-state index contributed by atoms with van der Waals surface area (Å²) in [5.41, 5.74) is 1.69. The maximum Gasteiger partial charge on any atom is 0.194 e. The van der Waals surface area contributed by atoms with Crippen LogP contribution >= 0.6 is 11.3 Å². The van der Waals surface area contributed by atoms with E-state index in [1.54, 1.807) is 11.3 Å². The van der Waals surface area contributed by atoms with Gasteiger partial charge in [0.15, 0.2) is 5.96 Å². The zero-order chi connectivity index (χ0) is 16.4. The Morgan fingerprint density at radius 3 is 3.12 bits per heavy atom. The molecule has 0 radical (unpaired) electrons. The number of guanidine groups is 1. The molecule has 1 N–H and O–H groups in total. The average Bonchev–Trinajstić information content (AvgIpc) is 3.33. The number of hydrogen-bond acceptors (Lipinski definition) is 3. The fourth-order valence-electron chi connectivity index (χ4n) is 3.83. The molecule has 3 heterocycles. The molecule has 1 unspecified atom stereocenters. The van der Waals surface area contributed by atoms with Gasteiger partial charge in [-0.15, -0.1) is 11.3 Å². The molecule has 1 spiro atoms. The van der Waals surface area contributed by atoms with Gasteiger partial charge in [-0.25, -0.2) is 4.99 Å². The Hall–Kier alpha value is -1.59. The molecule has 1 aromatic heterocycles. The van der Waals surface area contributed by atoms with Crippen LogP contribution in [0.5, 0.6) is 0 Å². The Balaban J connectivity index is 1.51. The van der Waals surface area contributed by atoms with Crippen LogP contribution in [0.1, 0.15) is 25.3 Å². The van der Waals surface area contributed by atoms with Crippen molar-refractivity contribution in [3.63, 3.8) is 0 Å². The first-order valence-electron chi connectivity index (χ1n) is 8.86. The Kier molecular flexibility index (Phi) is 4.46. The number of nitrogens with zero attached hydrogens (tertiary/aromatic N) is 2. The number of rotatable bonds is 3. The van der Waals surface area contributed by atoms with Crippen molar-refractivity contribution < 1.29 is 4.74 Å². The van der Waals surface area contributed by atoms with Gasteiger partial charge in [0.05, 0.1) is 13.2 Å². The molecule has 2 saturated heterocycles. The Morgan fingerprint density at radius 2 is 2.29 bits per heavy atom. The van der Waals surface area contributed by atoms with Gasteiger partial charge in [-0.3, -0.25) is 0 Å². The summed E-state index contributed by atoms with van der Waals surface area (Å²) in [6.07, 6.45) is 2.41. The molecule has 2 fully saturated rings. The van der Waals surface area contributed by atoms with E-state index >= 15 is 0 Å². The van der Waals surface area contributed by atoms with Crippen LogP contribution in [0, 0.1) is 5.41 Å². The van der Waals surface area contributed by atoms with Gasteiger partial charge in [0.2, 0.25) is 0 Å². The van der Waals surface area contributed by atoms with Crippen LogP contribution in [0.15, 0.2) is 34.6 Å². The quantitative estimate of drug-likeness (QED) is 0.685. The van der Waals surface area contributed by atoms with Crippen LogP contribution in [0.4, 0.5) is 0 Å². The molecule has 2 aliphatic rings. The zero-order valence-corrected chi connectivity index (χ0v) is 15.1. The van der Waals surface area contributed by atoms with E-state index in [1.165, 1.54) is 28.5 Å². The molecule has 128 valence electrons. The van der Waals surface area contributed by atoms with Gasteiger partial charge in [-0.05, 0) is 42.2 Å². The fraction of sp³-hybridized carbons (Fsp3) is 0.526. The number of aliphatic imine (C=N–C) groups is 1. The SMILES string of the molecule is CCNC(=NCc1csc2ccccc12)N1CCC2(CCOC2)C1. The number of ether oxygens (including phenoxy) is 1. The molecule has 2 aliphatic heterocycles. The number of hydrogen-bond donors (Lipinski definition) is 1. The maximum absolute atomic E-state index is 5.65. The summed E-state index contributed by atoms with van der Waals surface area (Å²) in [6.45, 7) is 7.78. The summed E-state index contributed by atoms with van der Waals surface area (Å²) in [5.74, 6) is 1.05. The van der Waals surface area contributed by atoms with Gasteiger partial charge in [0, 0.05) is 36.4 Å². The molecule has 0 bridgehead atoms. The summed E-state index contributed by atoms with van der Waals surface area (Å²) in [7, 11) is 0. The van der Waals surface area contributed by atoms with Crippen molar-refractivity contribution in [3.8, 4) is 0 Å². The largest absolute Gasteiger partial charge is 0.381 e. The number of fused-ring (bicyclic) bond motifs is 1. The first kappa shape index (κ1) is 15.9. The van der Waals surface area contributed by atoms with Gasteiger partial charge >= 0.3 is 0 Å². The van der Waals surface area contributed by atoms with Crippen LogP contribution in [0.2, 0.25) is 0 Å². The summed E-state index contributed by atoms with van der Waals surface area (Å²) in [6, 6.07) is 8.59. The van der Waals surface area contributed by atoms with Crippen molar-refractivity contribution >= 4 is 27.4 Å². The molecule has 24 heavy (non-hydrogen) atoms. The highest BCUT2D eigenvalue weighted by Crippen LogP contribution is 2.38. The number of nitrogens with one attached hydrogen (secondary N) is 1. The van der Waals surface area contributed by atoms with E-state index in [9.17, 15) is 0 Å². The summed E-state index contributed by atoms with van der Waals surface area (Å²) >= 11 is 1.81. The molecule has 0 saturated carbocycles. The maximum atomic E-state index is 5.65. The van der Waals surface area contributed by atoms with Gasteiger partial charge in [0.1, 0.15) is 0 Å². The highest BCUT2D eigenvalue weighted by atomic mass is 32.1. The van der Waals surface area contributed by atoms with Gasteiger partial charge < -0.3 is 15.0 Å². The summed E-state index contributed by atoms with van der Waals surface area (Å²) < 4.78 is 7.00. The lowest BCUT2D eigenvalue weighted by atomic mass is 9.87. The third-order valence-corrected chi connectivity index (χ3v) is 6.23. The lowest BCUT2D eigenvalue weighted by Gasteiger charge is -2.24. The van der Waals surface area contributed by atoms with Crippen LogP contribution in [0.3, 0.4) is 0 Å². The first-order chi connectivity index (χ1) is 11.8. The Bertz CT molecular complexity index is 733. The lowest BCUT2D eigenvalue weighted by Crippen LogP contribution is -2.41. The Labute approximate surface area is 147 Å². The molecule has 1 aromatic carbocycles. The highest BCUT2D eigenvalue weighted by Gasteiger charge is 2.42. The first-order valence-corrected chi connectivity index (χ1v) is 9.74. The number of benzene rings is 1. The highest BCUT2D eigenvalue weighted by molar-refractivity contribution is 7.17. The fourth-order valence-corrected chi connectivity index (χ4v) is 4.78. The third-order valence-electron chi connectivity index (χ3n) is 5.22. The van der Waals surface area contributed by atoms with Crippen molar-refractivity contribution in [2.24, 2.45) is 10.4 Å². The molecule has 4 rings (SSSR count). The summed E-state index contributed by atoms with van der Waals surface area (Å²) in [4.78, 5) is 7.36. The molecular formula is C19H25N3OS. The molecule has 2 aromatic rings. The van der Waals surface area contributed by atoms with E-state index in [0.29, 0.717) is 5.41 Å². The molecule has 5 heteroatoms. The van der Waals surface area contributed by atoms with E-state index in [4.69, 9.17) is 9.73 Å². The molecule has 1 atom stereocenters. The average molecular weight is 343 g/mol. The van der Waals surface area contributed by atoms with Crippen LogP contribution in [0.25, 0.3) is 10.1 Å². The van der Waals surface area contributed by atoms with Crippen molar-refractivity contribution in [1.82, 2.24) is 10.2 Å². The number of thiophene rings is 1. The normalized spacial score (nSPS) is 24.4. The minimum absolute atomic E-state index is 0.366. The van der Waals surface area contributed by atoms with E-state index < -0.39 is 0 Å². The summed E-state index contributed by atoms with van der Waals surface area (Å²) in [5, 5.41) is 7.06. The predicted octanol–water partition coefficient (Wildman–Crippen LogP) is 3.48. The minimum atomic E-state index is 0.366. The molecule has 4 nitrogen and oxygen atoms in total. The van der Waals surface area contributed by atoms with E-state index in [1.807, 2.05) is 0 Å². The topological polar surface area (TPSA) is 36.9 Å². The van der Waals surface area contributed by atoms with Crippen molar-refractivity contribution in [2.45, 2.75) is 26.3 Å². The van der Waals surface area contributed by atoms with Crippen LogP contribution in [-0.4, -0.2) is 43.7 Å². The van der Waals surface area contributed by atoms with E-state index in [-0.39, 0.29) is 0 Å². The molecular weight excluding hydrogens is 318 g/mol. The second kappa shape index (κ2) is 6.73. The molecule has 0 amide bonds. The van der Waals surface area contributed by atoms with Gasteiger partial charge in [0.25, 0.3) is 0 Å². The second-order valence-corrected chi connectivity index (χ2v) is 7.81. The van der Waals surface area contributed by atoms with Gasteiger partial charge in [-0.1, -0.05) is 18.2 Å². The monoisotopic (exact) mass is 343 g/mol. The standard InChI is InChI=1S/C19H25N3OS/c1-2-20-18(22-9-7-19(13-22)8-10-23-14-19)21-11-15-12-24-17-6-4-3-5-16(15)17/h3-6,12H,2,7-11,13-14H2,1H3,(H,20,21). The predicted molar refractivity (Wildman–Crippen MR) is 101 cm³/mol. The molecule has 0 aliphatic carbocycles. The number of likely N-dealkylation sites (tertiary alicyclic amines) is 1. The smallest absolute Gasteiger partial charge is 0.194 e. The lowest BCUT2D eigenvalue weighted by molar-refractivity contribution is 0.156. The van der Waals surface area contributed by atoms with Crippen molar-refractivity contribution in [1.29, 1.82) is 0 Å². The van der Waals surface area contributed by atoms with E-state index in [2.05, 4.69) is 46.8 Å². The second-order valence-electron chi connectivity index (χ2n) is 6.90. The van der Waals surface area contributed by atoms with Crippen LogP contribution in [-0.2, 0) is 11.3 Å².